The summed E-state index contributed by atoms with van der Waals surface area (Å²) < 4.78 is 0. The zero-order valence-corrected chi connectivity index (χ0v) is 15.2. The monoisotopic (exact) mass is 360 g/mol. The second-order valence-corrected chi connectivity index (χ2v) is 7.16. The van der Waals surface area contributed by atoms with Crippen molar-refractivity contribution in [3.05, 3.63) is 69.8 Å². The van der Waals surface area contributed by atoms with E-state index in [-0.39, 0.29) is 11.3 Å². The van der Waals surface area contributed by atoms with Gasteiger partial charge in [0.05, 0.1) is 10.0 Å². The normalized spacial score (nSPS) is 17.0. The molecule has 1 heterocycles. The first-order valence-electron chi connectivity index (χ1n) is 7.62. The Morgan fingerprint density at radius 3 is 2.50 bits per heavy atom. The summed E-state index contributed by atoms with van der Waals surface area (Å²) in [5.41, 5.74) is 3.65. The Kier molecular flexibility index (Phi) is 4.33. The molecule has 5 heteroatoms. The average molecular weight is 361 g/mol. The second-order valence-electron chi connectivity index (χ2n) is 6.35. The number of nitrogens with zero attached hydrogens (tertiary/aromatic N) is 1. The SMILES string of the molecule is CN1C(=CC(=O)Nc2ccc(Cl)c(Cl)c2)C(C)(C)c2ccccc21. The molecule has 1 aliphatic heterocycles. The number of amides is 1. The minimum absolute atomic E-state index is 0.198. The maximum absolute atomic E-state index is 12.5. The van der Waals surface area contributed by atoms with Gasteiger partial charge in [-0.15, -0.1) is 0 Å². The molecule has 0 aromatic heterocycles. The summed E-state index contributed by atoms with van der Waals surface area (Å²) in [6.45, 7) is 4.24. The first-order valence-corrected chi connectivity index (χ1v) is 8.38. The highest BCUT2D eigenvalue weighted by Crippen LogP contribution is 2.46. The van der Waals surface area contributed by atoms with Gasteiger partial charge in [-0.25, -0.2) is 0 Å². The van der Waals surface area contributed by atoms with Crippen molar-refractivity contribution in [3.63, 3.8) is 0 Å². The maximum Gasteiger partial charge on any atom is 0.250 e. The lowest BCUT2D eigenvalue weighted by Gasteiger charge is -2.24. The molecule has 124 valence electrons. The molecule has 0 aliphatic carbocycles. The summed E-state index contributed by atoms with van der Waals surface area (Å²) >= 11 is 11.9. The number of rotatable bonds is 2. The van der Waals surface area contributed by atoms with Crippen molar-refractivity contribution in [2.75, 3.05) is 17.3 Å². The zero-order valence-electron chi connectivity index (χ0n) is 13.7. The van der Waals surface area contributed by atoms with Gasteiger partial charge < -0.3 is 10.2 Å². The molecule has 2 aromatic rings. The third-order valence-electron chi connectivity index (χ3n) is 4.40. The number of para-hydroxylation sites is 1. The second kappa shape index (κ2) is 6.15. The van der Waals surface area contributed by atoms with Gasteiger partial charge in [0.25, 0.3) is 0 Å². The number of carbonyl (C=O) groups excluding carboxylic acids is 1. The van der Waals surface area contributed by atoms with E-state index >= 15 is 0 Å². The fourth-order valence-corrected chi connectivity index (χ4v) is 3.43. The van der Waals surface area contributed by atoms with Gasteiger partial charge in [0.1, 0.15) is 0 Å². The largest absolute Gasteiger partial charge is 0.347 e. The molecule has 0 atom stereocenters. The highest BCUT2D eigenvalue weighted by atomic mass is 35.5. The number of benzene rings is 2. The molecule has 0 saturated heterocycles. The van der Waals surface area contributed by atoms with Crippen molar-refractivity contribution >= 4 is 40.5 Å². The predicted octanol–water partition coefficient (Wildman–Crippen LogP) is 5.24. The Labute approximate surface area is 151 Å². The maximum atomic E-state index is 12.5. The van der Waals surface area contributed by atoms with Crippen molar-refractivity contribution in [1.29, 1.82) is 0 Å². The van der Waals surface area contributed by atoms with E-state index in [4.69, 9.17) is 23.2 Å². The van der Waals surface area contributed by atoms with Gasteiger partial charge in [0.2, 0.25) is 5.91 Å². The highest BCUT2D eigenvalue weighted by Gasteiger charge is 2.38. The number of anilines is 2. The molecule has 3 rings (SSSR count). The van der Waals surface area contributed by atoms with E-state index in [1.165, 1.54) is 5.56 Å². The summed E-state index contributed by atoms with van der Waals surface area (Å²) in [6, 6.07) is 13.2. The van der Waals surface area contributed by atoms with Crippen LogP contribution in [0.3, 0.4) is 0 Å². The lowest BCUT2D eigenvalue weighted by atomic mass is 9.84. The van der Waals surface area contributed by atoms with Crippen LogP contribution in [0.1, 0.15) is 19.4 Å². The highest BCUT2D eigenvalue weighted by molar-refractivity contribution is 6.42. The third kappa shape index (κ3) is 2.90. The fraction of sp³-hybridized carbons (Fsp3) is 0.211. The van der Waals surface area contributed by atoms with Crippen LogP contribution in [0, 0.1) is 0 Å². The Hall–Kier alpha value is -1.97. The van der Waals surface area contributed by atoms with Crippen molar-refractivity contribution in [2.24, 2.45) is 0 Å². The molecule has 2 aromatic carbocycles. The Morgan fingerprint density at radius 1 is 1.12 bits per heavy atom. The van der Waals surface area contributed by atoms with Gasteiger partial charge in [-0.2, -0.15) is 0 Å². The Morgan fingerprint density at radius 2 is 1.83 bits per heavy atom. The first kappa shape index (κ1) is 16.9. The van der Waals surface area contributed by atoms with Crippen LogP contribution in [0.5, 0.6) is 0 Å². The van der Waals surface area contributed by atoms with Gasteiger partial charge in [-0.05, 0) is 29.8 Å². The van der Waals surface area contributed by atoms with Crippen LogP contribution in [-0.4, -0.2) is 13.0 Å². The van der Waals surface area contributed by atoms with Crippen LogP contribution < -0.4 is 10.2 Å². The lowest BCUT2D eigenvalue weighted by molar-refractivity contribution is -0.112. The Balaban J connectivity index is 1.88. The molecular formula is C19H18Cl2N2O. The minimum atomic E-state index is -0.236. The zero-order chi connectivity index (χ0) is 17.5. The third-order valence-corrected chi connectivity index (χ3v) is 5.13. The van der Waals surface area contributed by atoms with E-state index in [0.717, 1.165) is 11.4 Å². The summed E-state index contributed by atoms with van der Waals surface area (Å²) in [6.07, 6.45) is 1.64. The Bertz CT molecular complexity index is 843. The summed E-state index contributed by atoms with van der Waals surface area (Å²) in [5.74, 6) is -0.198. The van der Waals surface area contributed by atoms with Crippen molar-refractivity contribution < 1.29 is 4.79 Å². The molecule has 0 bridgehead atoms. The summed E-state index contributed by atoms with van der Waals surface area (Å²) in [4.78, 5) is 14.5. The van der Waals surface area contributed by atoms with Gasteiger partial charge in [-0.3, -0.25) is 4.79 Å². The van der Waals surface area contributed by atoms with Gasteiger partial charge >= 0.3 is 0 Å². The molecule has 0 radical (unpaired) electrons. The van der Waals surface area contributed by atoms with Crippen molar-refractivity contribution in [3.8, 4) is 0 Å². The molecule has 0 spiro atoms. The smallest absolute Gasteiger partial charge is 0.250 e. The van der Waals surface area contributed by atoms with E-state index in [1.54, 1.807) is 24.3 Å². The van der Waals surface area contributed by atoms with Crippen LogP contribution >= 0.6 is 23.2 Å². The number of halogens is 2. The van der Waals surface area contributed by atoms with Crippen LogP contribution in [0.15, 0.2) is 54.2 Å². The predicted molar refractivity (Wildman–Crippen MR) is 101 cm³/mol. The quantitative estimate of drug-likeness (QED) is 0.742. The number of allylic oxidation sites excluding steroid dienone is 1. The standard InChI is InChI=1S/C19H18Cl2N2O/c1-19(2)13-6-4-5-7-16(13)23(3)17(19)11-18(24)22-12-8-9-14(20)15(21)10-12/h4-11H,1-3H3,(H,22,24). The van der Waals surface area contributed by atoms with Gasteiger partial charge in [0.15, 0.2) is 0 Å². The molecule has 1 aliphatic rings. The number of nitrogens with one attached hydrogen (secondary N) is 1. The molecule has 0 fully saturated rings. The number of carbonyl (C=O) groups is 1. The minimum Gasteiger partial charge on any atom is -0.347 e. The molecular weight excluding hydrogens is 343 g/mol. The first-order chi connectivity index (χ1) is 11.3. The van der Waals surface area contributed by atoms with Crippen LogP contribution in [0.25, 0.3) is 0 Å². The molecule has 0 unspecified atom stereocenters. The van der Waals surface area contributed by atoms with E-state index in [0.29, 0.717) is 15.7 Å². The van der Waals surface area contributed by atoms with Crippen LogP contribution in [0.4, 0.5) is 11.4 Å². The molecule has 1 N–H and O–H groups in total. The van der Waals surface area contributed by atoms with E-state index in [9.17, 15) is 4.79 Å². The summed E-state index contributed by atoms with van der Waals surface area (Å²) in [5, 5.41) is 3.71. The number of fused-ring (bicyclic) bond motifs is 1. The van der Waals surface area contributed by atoms with Crippen LogP contribution in [0.2, 0.25) is 10.0 Å². The van der Waals surface area contributed by atoms with E-state index < -0.39 is 0 Å². The van der Waals surface area contributed by atoms with Gasteiger partial charge in [0, 0.05) is 35.6 Å². The van der Waals surface area contributed by atoms with E-state index in [1.807, 2.05) is 19.2 Å². The molecule has 1 amide bonds. The molecule has 3 nitrogen and oxygen atoms in total. The fourth-order valence-electron chi connectivity index (χ4n) is 3.14. The van der Waals surface area contributed by atoms with Crippen molar-refractivity contribution in [2.45, 2.75) is 19.3 Å². The summed E-state index contributed by atoms with van der Waals surface area (Å²) in [7, 11) is 1.98. The number of hydrogen-bond acceptors (Lipinski definition) is 2. The molecule has 0 saturated carbocycles. The van der Waals surface area contributed by atoms with E-state index in [2.05, 4.69) is 36.2 Å². The van der Waals surface area contributed by atoms with Gasteiger partial charge in [-0.1, -0.05) is 55.2 Å². The topological polar surface area (TPSA) is 32.3 Å². The number of hydrogen-bond donors (Lipinski definition) is 1. The average Bonchev–Trinajstić information content (AvgIpc) is 2.73. The van der Waals surface area contributed by atoms with Crippen molar-refractivity contribution in [1.82, 2.24) is 0 Å². The van der Waals surface area contributed by atoms with Crippen LogP contribution in [-0.2, 0) is 10.2 Å². The molecule has 24 heavy (non-hydrogen) atoms. The number of likely N-dealkylation sites (N-methyl/N-ethyl adjacent to an activating group) is 1. The lowest BCUT2D eigenvalue weighted by Crippen LogP contribution is -2.25.